The second-order valence-corrected chi connectivity index (χ2v) is 10.5. The topological polar surface area (TPSA) is 122 Å². The molecule has 1 saturated carbocycles. The molecule has 0 spiro atoms. The predicted molar refractivity (Wildman–Crippen MR) is 142 cm³/mol. The lowest BCUT2D eigenvalue weighted by molar-refractivity contribution is -0.122. The molecule has 4 rings (SSSR count). The van der Waals surface area contributed by atoms with Crippen LogP contribution in [0.4, 0.5) is 5.69 Å². The van der Waals surface area contributed by atoms with Crippen molar-refractivity contribution < 1.29 is 14.3 Å². The van der Waals surface area contributed by atoms with Gasteiger partial charge in [-0.1, -0.05) is 25.7 Å². The van der Waals surface area contributed by atoms with Crippen molar-refractivity contribution in [2.45, 2.75) is 51.6 Å². The van der Waals surface area contributed by atoms with Crippen LogP contribution in [0.3, 0.4) is 0 Å². The number of amides is 2. The summed E-state index contributed by atoms with van der Waals surface area (Å²) in [7, 11) is 1.61. The van der Waals surface area contributed by atoms with E-state index < -0.39 is 6.04 Å². The van der Waals surface area contributed by atoms with Gasteiger partial charge in [0.25, 0.3) is 5.91 Å². The molecule has 0 radical (unpaired) electrons. The molecule has 1 unspecified atom stereocenters. The average Bonchev–Trinajstić information content (AvgIpc) is 3.56. The van der Waals surface area contributed by atoms with Gasteiger partial charge in [0.1, 0.15) is 18.3 Å². The summed E-state index contributed by atoms with van der Waals surface area (Å²) in [5.74, 6) is 0.535. The minimum atomic E-state index is -0.647. The molecular weight excluding hydrogens is 476 g/mol. The van der Waals surface area contributed by atoms with Crippen LogP contribution >= 0.6 is 11.3 Å². The van der Waals surface area contributed by atoms with Crippen LogP contribution in [-0.4, -0.2) is 49.3 Å². The van der Waals surface area contributed by atoms with Crippen LogP contribution in [0.5, 0.6) is 5.88 Å². The second kappa shape index (κ2) is 12.0. The van der Waals surface area contributed by atoms with Crippen LogP contribution in [0.1, 0.15) is 52.2 Å². The van der Waals surface area contributed by atoms with Gasteiger partial charge in [0.15, 0.2) is 0 Å². The number of rotatable bonds is 9. The highest BCUT2D eigenvalue weighted by Gasteiger charge is 2.28. The Morgan fingerprint density at radius 3 is 2.92 bits per heavy atom. The van der Waals surface area contributed by atoms with Gasteiger partial charge in [0, 0.05) is 30.5 Å². The summed E-state index contributed by atoms with van der Waals surface area (Å²) < 4.78 is 5.69. The molecule has 4 N–H and O–H groups in total. The summed E-state index contributed by atoms with van der Waals surface area (Å²) in [5.41, 5.74) is 8.05. The highest BCUT2D eigenvalue weighted by Crippen LogP contribution is 2.32. The number of ether oxygens (including phenoxy) is 1. The minimum Gasteiger partial charge on any atom is -0.474 e. The molecule has 9 nitrogen and oxygen atoms in total. The van der Waals surface area contributed by atoms with Crippen LogP contribution in [0, 0.1) is 12.8 Å². The third kappa shape index (κ3) is 6.42. The van der Waals surface area contributed by atoms with E-state index in [2.05, 4.69) is 31.6 Å². The monoisotopic (exact) mass is 510 g/mol. The number of nitrogens with two attached hydrogens (primary N) is 1. The smallest absolute Gasteiger partial charge is 0.262 e. The van der Waals surface area contributed by atoms with Gasteiger partial charge in [-0.25, -0.2) is 4.98 Å². The van der Waals surface area contributed by atoms with E-state index in [-0.39, 0.29) is 11.8 Å². The van der Waals surface area contributed by atoms with Crippen LogP contribution in [0.25, 0.3) is 0 Å². The zero-order valence-corrected chi connectivity index (χ0v) is 21.6. The average molecular weight is 511 g/mol. The first-order valence-electron chi connectivity index (χ1n) is 12.4. The maximum absolute atomic E-state index is 13.2. The molecule has 2 amide bonds. The van der Waals surface area contributed by atoms with E-state index in [0.29, 0.717) is 41.9 Å². The number of pyridine rings is 1. The Bertz CT molecular complexity index is 1140. The molecule has 192 valence electrons. The minimum absolute atomic E-state index is 0.244. The number of carbonyl (C=O) groups is 2. The Morgan fingerprint density at radius 2 is 2.17 bits per heavy atom. The molecule has 1 fully saturated rings. The van der Waals surface area contributed by atoms with Crippen LogP contribution < -0.4 is 26.0 Å². The van der Waals surface area contributed by atoms with Crippen LogP contribution in [0.15, 0.2) is 41.3 Å². The molecule has 1 atom stereocenters. The van der Waals surface area contributed by atoms with Crippen molar-refractivity contribution in [3.8, 4) is 5.88 Å². The number of anilines is 1. The molecule has 1 aliphatic carbocycles. The summed E-state index contributed by atoms with van der Waals surface area (Å²) in [6.07, 6.45) is 9.67. The maximum Gasteiger partial charge on any atom is 0.262 e. The van der Waals surface area contributed by atoms with Crippen molar-refractivity contribution in [2.24, 2.45) is 16.6 Å². The summed E-state index contributed by atoms with van der Waals surface area (Å²) in [5, 5.41) is 5.76. The first-order chi connectivity index (χ1) is 17.5. The van der Waals surface area contributed by atoms with Gasteiger partial charge < -0.3 is 26.0 Å². The quantitative estimate of drug-likeness (QED) is 0.446. The number of fused-ring (bicyclic) bond motifs is 1. The predicted octanol–water partition coefficient (Wildman–Crippen LogP) is 3.15. The lowest BCUT2D eigenvalue weighted by Crippen LogP contribution is -2.47. The zero-order chi connectivity index (χ0) is 25.5. The Hall–Kier alpha value is -3.40. The fourth-order valence-electron chi connectivity index (χ4n) is 4.71. The van der Waals surface area contributed by atoms with E-state index in [4.69, 9.17) is 10.5 Å². The van der Waals surface area contributed by atoms with Gasteiger partial charge in [-0.3, -0.25) is 14.6 Å². The van der Waals surface area contributed by atoms with E-state index in [0.717, 1.165) is 48.4 Å². The highest BCUT2D eigenvalue weighted by molar-refractivity contribution is 7.14. The SMILES string of the molecule is CN=C/C(=C\N)NC(=O)C(CC1CCCC1)NC(=O)c1ccc(CN2CCOc3ncc(C)cc32)s1. The number of aryl methyl sites for hydroxylation is 1. The number of nitrogens with zero attached hydrogens (tertiary/aromatic N) is 3. The van der Waals surface area contributed by atoms with Crippen molar-refractivity contribution in [3.63, 3.8) is 0 Å². The fraction of sp³-hybridized carbons (Fsp3) is 0.462. The molecule has 0 aromatic carbocycles. The number of thiophene rings is 1. The van der Waals surface area contributed by atoms with E-state index >= 15 is 0 Å². The van der Waals surface area contributed by atoms with Crippen molar-refractivity contribution in [1.82, 2.24) is 15.6 Å². The number of hydrogen-bond acceptors (Lipinski definition) is 8. The molecule has 3 heterocycles. The molecule has 2 aromatic heterocycles. The number of allylic oxidation sites excluding steroid dienone is 1. The van der Waals surface area contributed by atoms with Crippen molar-refractivity contribution in [2.75, 3.05) is 25.1 Å². The van der Waals surface area contributed by atoms with Gasteiger partial charge in [0.05, 0.1) is 23.7 Å². The normalized spacial score (nSPS) is 17.1. The Balaban J connectivity index is 1.44. The molecule has 1 aliphatic heterocycles. The first-order valence-corrected chi connectivity index (χ1v) is 13.2. The lowest BCUT2D eigenvalue weighted by atomic mass is 9.97. The summed E-state index contributed by atoms with van der Waals surface area (Å²) in [6, 6.07) is 5.22. The Kier molecular flexibility index (Phi) is 8.58. The summed E-state index contributed by atoms with van der Waals surface area (Å²) >= 11 is 1.44. The lowest BCUT2D eigenvalue weighted by Gasteiger charge is -2.30. The maximum atomic E-state index is 13.2. The van der Waals surface area contributed by atoms with E-state index in [1.807, 2.05) is 19.1 Å². The molecule has 10 heteroatoms. The number of hydrogen-bond donors (Lipinski definition) is 3. The first kappa shape index (κ1) is 25.7. The number of aromatic nitrogens is 1. The number of carbonyl (C=O) groups excluding carboxylic acids is 2. The van der Waals surface area contributed by atoms with E-state index in [9.17, 15) is 9.59 Å². The van der Waals surface area contributed by atoms with Gasteiger partial charge in [-0.05, 0) is 43.0 Å². The Labute approximate surface area is 215 Å². The third-order valence-electron chi connectivity index (χ3n) is 6.52. The Morgan fingerprint density at radius 1 is 1.36 bits per heavy atom. The molecule has 0 bridgehead atoms. The van der Waals surface area contributed by atoms with Crippen molar-refractivity contribution in [1.29, 1.82) is 0 Å². The van der Waals surface area contributed by atoms with Gasteiger partial charge in [-0.15, -0.1) is 11.3 Å². The van der Waals surface area contributed by atoms with Crippen LogP contribution in [-0.2, 0) is 11.3 Å². The zero-order valence-electron chi connectivity index (χ0n) is 20.8. The largest absolute Gasteiger partial charge is 0.474 e. The van der Waals surface area contributed by atoms with E-state index in [1.165, 1.54) is 23.8 Å². The fourth-order valence-corrected chi connectivity index (χ4v) is 5.64. The molecular formula is C26H34N6O3S. The van der Waals surface area contributed by atoms with Gasteiger partial charge in [-0.2, -0.15) is 0 Å². The standard InChI is InChI=1S/C26H34N6O3S/c1-17-11-22-26(29-14-17)35-10-9-32(22)16-20-7-8-23(36-20)25(34)31-21(12-18-5-3-4-6-18)24(33)30-19(13-27)15-28-2/h7-8,11,13-15,18,21H,3-6,9-10,12,16,27H2,1-2H3,(H,30,33)(H,31,34)/b19-13+,28-15?. The molecule has 0 saturated heterocycles. The molecule has 36 heavy (non-hydrogen) atoms. The van der Waals surface area contributed by atoms with Gasteiger partial charge in [0.2, 0.25) is 11.8 Å². The number of aliphatic imine (C=N–C) groups is 1. The second-order valence-electron chi connectivity index (χ2n) is 9.28. The molecule has 2 aliphatic rings. The molecule has 2 aromatic rings. The van der Waals surface area contributed by atoms with Crippen molar-refractivity contribution in [3.05, 3.63) is 51.6 Å². The summed E-state index contributed by atoms with van der Waals surface area (Å²) in [4.78, 5) is 38.4. The van der Waals surface area contributed by atoms with Crippen molar-refractivity contribution >= 4 is 35.1 Å². The van der Waals surface area contributed by atoms with Gasteiger partial charge >= 0.3 is 0 Å². The van der Waals surface area contributed by atoms with E-state index in [1.54, 1.807) is 13.2 Å². The summed E-state index contributed by atoms with van der Waals surface area (Å²) in [6.45, 7) is 3.99. The highest BCUT2D eigenvalue weighted by atomic mass is 32.1. The third-order valence-corrected chi connectivity index (χ3v) is 7.59. The number of nitrogens with one attached hydrogen (secondary N) is 2. The van der Waals surface area contributed by atoms with Crippen LogP contribution in [0.2, 0.25) is 0 Å².